The molecular weight excluding hydrogens is 317 g/mol. The second kappa shape index (κ2) is 5.97. The number of nitrogens with two attached hydrogens (primary N) is 1. The van der Waals surface area contributed by atoms with Gasteiger partial charge in [0.1, 0.15) is 4.90 Å². The lowest BCUT2D eigenvalue weighted by atomic mass is 10.2. The van der Waals surface area contributed by atoms with Crippen LogP contribution in [0.1, 0.15) is 11.3 Å². The van der Waals surface area contributed by atoms with Gasteiger partial charge in [-0.25, -0.2) is 17.5 Å². The number of benzene rings is 1. The lowest BCUT2D eigenvalue weighted by molar-refractivity contribution is 0.558. The van der Waals surface area contributed by atoms with Gasteiger partial charge in [-0.3, -0.25) is 4.98 Å². The zero-order chi connectivity index (χ0) is 15.6. The molecule has 0 saturated carbocycles. The number of nitrogen functional groups attached to an aromatic ring is 1. The zero-order valence-corrected chi connectivity index (χ0v) is 12.7. The molecule has 0 aliphatic rings. The molecule has 0 bridgehead atoms. The molecule has 1 aromatic heterocycles. The van der Waals surface area contributed by atoms with Crippen LogP contribution in [0.4, 0.5) is 10.1 Å². The Morgan fingerprint density at radius 1 is 1.43 bits per heavy atom. The van der Waals surface area contributed by atoms with Gasteiger partial charge in [-0.15, -0.1) is 0 Å². The summed E-state index contributed by atoms with van der Waals surface area (Å²) in [6.07, 6.45) is 1.55. The number of nitrogens with one attached hydrogen (secondary N) is 1. The maximum absolute atomic E-state index is 13.9. The molecule has 0 aliphatic heterocycles. The topological polar surface area (TPSA) is 85.1 Å². The molecule has 2 aromatic rings. The molecular formula is C13H13ClFN3O2S. The Morgan fingerprint density at radius 2 is 2.14 bits per heavy atom. The summed E-state index contributed by atoms with van der Waals surface area (Å²) >= 11 is 5.72. The van der Waals surface area contributed by atoms with Crippen LogP contribution < -0.4 is 10.5 Å². The van der Waals surface area contributed by atoms with Gasteiger partial charge in [-0.1, -0.05) is 17.7 Å². The number of pyridine rings is 1. The predicted molar refractivity (Wildman–Crippen MR) is 78.8 cm³/mol. The maximum atomic E-state index is 13.9. The molecule has 1 aromatic carbocycles. The molecule has 1 heterocycles. The minimum absolute atomic E-state index is 0.0447. The number of rotatable bonds is 4. The summed E-state index contributed by atoms with van der Waals surface area (Å²) in [7, 11) is -4.08. The SMILES string of the molecule is Cc1cccnc1CNS(=O)(=O)c1cc(Cl)cc(N)c1F. The number of hydrogen-bond donors (Lipinski definition) is 2. The smallest absolute Gasteiger partial charge is 0.243 e. The van der Waals surface area contributed by atoms with Crippen LogP contribution in [0.5, 0.6) is 0 Å². The van der Waals surface area contributed by atoms with E-state index in [1.165, 1.54) is 0 Å². The lowest BCUT2D eigenvalue weighted by Crippen LogP contribution is -2.25. The van der Waals surface area contributed by atoms with Crippen LogP contribution >= 0.6 is 11.6 Å². The third-order valence-corrected chi connectivity index (χ3v) is 4.49. The Kier molecular flexibility index (Phi) is 4.46. The average Bonchev–Trinajstić information content (AvgIpc) is 2.42. The van der Waals surface area contributed by atoms with E-state index in [0.29, 0.717) is 5.69 Å². The molecule has 3 N–H and O–H groups in total. The Bertz CT molecular complexity index is 781. The number of aryl methyl sites for hydroxylation is 1. The summed E-state index contributed by atoms with van der Waals surface area (Å²) in [5.41, 5.74) is 6.44. The van der Waals surface area contributed by atoms with Crippen LogP contribution in [0, 0.1) is 12.7 Å². The van der Waals surface area contributed by atoms with E-state index >= 15 is 0 Å². The van der Waals surface area contributed by atoms with Crippen molar-refractivity contribution in [3.63, 3.8) is 0 Å². The van der Waals surface area contributed by atoms with E-state index in [0.717, 1.165) is 17.7 Å². The molecule has 8 heteroatoms. The molecule has 0 unspecified atom stereocenters. The van der Waals surface area contributed by atoms with Gasteiger partial charge in [0.15, 0.2) is 5.82 Å². The molecule has 112 valence electrons. The largest absolute Gasteiger partial charge is 0.396 e. The minimum Gasteiger partial charge on any atom is -0.396 e. The molecule has 5 nitrogen and oxygen atoms in total. The van der Waals surface area contributed by atoms with Crippen LogP contribution in [0.2, 0.25) is 5.02 Å². The first-order valence-corrected chi connectivity index (χ1v) is 7.82. The number of anilines is 1. The van der Waals surface area contributed by atoms with Crippen molar-refractivity contribution in [1.82, 2.24) is 9.71 Å². The van der Waals surface area contributed by atoms with Crippen molar-refractivity contribution in [2.45, 2.75) is 18.4 Å². The molecule has 0 spiro atoms. The maximum Gasteiger partial charge on any atom is 0.243 e. The second-order valence-corrected chi connectivity index (χ2v) is 6.57. The third kappa shape index (κ3) is 3.49. The van der Waals surface area contributed by atoms with Gasteiger partial charge in [0.05, 0.1) is 17.9 Å². The highest BCUT2D eigenvalue weighted by molar-refractivity contribution is 7.89. The first-order valence-electron chi connectivity index (χ1n) is 5.96. The monoisotopic (exact) mass is 329 g/mol. The minimum atomic E-state index is -4.08. The predicted octanol–water partition coefficient (Wildman–Crippen LogP) is 2.24. The van der Waals surface area contributed by atoms with Crippen LogP contribution in [0.3, 0.4) is 0 Å². The van der Waals surface area contributed by atoms with Gasteiger partial charge < -0.3 is 5.73 Å². The summed E-state index contributed by atoms with van der Waals surface area (Å²) in [5, 5.41) is 0.0447. The van der Waals surface area contributed by atoms with Crippen molar-refractivity contribution in [2.24, 2.45) is 0 Å². The van der Waals surface area contributed by atoms with E-state index in [1.54, 1.807) is 25.3 Å². The Labute approximate surface area is 127 Å². The normalized spacial score (nSPS) is 11.6. The van der Waals surface area contributed by atoms with Gasteiger partial charge in [0.25, 0.3) is 0 Å². The van der Waals surface area contributed by atoms with Crippen LogP contribution in [0.15, 0.2) is 35.4 Å². The number of halogens is 2. The standard InChI is InChI=1S/C13H13ClFN3O2S/c1-8-3-2-4-17-11(8)7-18-21(19,20)12-6-9(14)5-10(16)13(12)15/h2-6,18H,7,16H2,1H3. The van der Waals surface area contributed by atoms with Gasteiger partial charge in [-0.05, 0) is 30.7 Å². The molecule has 0 saturated heterocycles. The van der Waals surface area contributed by atoms with Crippen LogP contribution in [0.25, 0.3) is 0 Å². The highest BCUT2D eigenvalue weighted by Gasteiger charge is 2.22. The van der Waals surface area contributed by atoms with Crippen LogP contribution in [-0.2, 0) is 16.6 Å². The van der Waals surface area contributed by atoms with E-state index in [2.05, 4.69) is 9.71 Å². The van der Waals surface area contributed by atoms with Crippen molar-refractivity contribution in [3.05, 3.63) is 52.6 Å². The highest BCUT2D eigenvalue weighted by atomic mass is 35.5. The fourth-order valence-electron chi connectivity index (χ4n) is 1.72. The molecule has 0 atom stereocenters. The summed E-state index contributed by atoms with van der Waals surface area (Å²) < 4.78 is 40.4. The molecule has 0 aliphatic carbocycles. The average molecular weight is 330 g/mol. The van der Waals surface area contributed by atoms with Gasteiger partial charge >= 0.3 is 0 Å². The van der Waals surface area contributed by atoms with Crippen molar-refractivity contribution >= 4 is 27.3 Å². The van der Waals surface area contributed by atoms with Crippen molar-refractivity contribution in [2.75, 3.05) is 5.73 Å². The van der Waals surface area contributed by atoms with Crippen molar-refractivity contribution in [1.29, 1.82) is 0 Å². The molecule has 0 fully saturated rings. The van der Waals surface area contributed by atoms with E-state index in [4.69, 9.17) is 17.3 Å². The summed E-state index contributed by atoms with van der Waals surface area (Å²) in [4.78, 5) is 3.48. The zero-order valence-electron chi connectivity index (χ0n) is 11.1. The summed E-state index contributed by atoms with van der Waals surface area (Å²) in [6.45, 7) is 1.75. The molecule has 0 radical (unpaired) electrons. The number of sulfonamides is 1. The van der Waals surface area contributed by atoms with Gasteiger partial charge in [-0.2, -0.15) is 0 Å². The van der Waals surface area contributed by atoms with E-state index in [9.17, 15) is 12.8 Å². The number of nitrogens with zero attached hydrogens (tertiary/aromatic N) is 1. The fraction of sp³-hybridized carbons (Fsp3) is 0.154. The number of hydrogen-bond acceptors (Lipinski definition) is 4. The summed E-state index contributed by atoms with van der Waals surface area (Å²) in [6, 6.07) is 5.71. The Morgan fingerprint density at radius 3 is 2.81 bits per heavy atom. The molecule has 0 amide bonds. The lowest BCUT2D eigenvalue weighted by Gasteiger charge is -2.10. The van der Waals surface area contributed by atoms with E-state index in [-0.39, 0.29) is 17.3 Å². The molecule has 2 rings (SSSR count). The second-order valence-electron chi connectivity index (χ2n) is 4.40. The summed E-state index contributed by atoms with van der Waals surface area (Å²) in [5.74, 6) is -1.02. The fourth-order valence-corrected chi connectivity index (χ4v) is 3.13. The first-order chi connectivity index (χ1) is 9.81. The highest BCUT2D eigenvalue weighted by Crippen LogP contribution is 2.25. The Balaban J connectivity index is 2.30. The van der Waals surface area contributed by atoms with Crippen molar-refractivity contribution in [3.8, 4) is 0 Å². The Hall–Kier alpha value is -1.70. The van der Waals surface area contributed by atoms with Crippen LogP contribution in [-0.4, -0.2) is 13.4 Å². The van der Waals surface area contributed by atoms with Gasteiger partial charge in [0.2, 0.25) is 10.0 Å². The third-order valence-electron chi connectivity index (χ3n) is 2.87. The molecule has 21 heavy (non-hydrogen) atoms. The van der Waals surface area contributed by atoms with Crippen molar-refractivity contribution < 1.29 is 12.8 Å². The number of aromatic nitrogens is 1. The quantitative estimate of drug-likeness (QED) is 0.842. The van der Waals surface area contributed by atoms with Gasteiger partial charge in [0, 0.05) is 11.2 Å². The van der Waals surface area contributed by atoms with E-state index in [1.807, 2.05) is 0 Å². The van der Waals surface area contributed by atoms with E-state index < -0.39 is 20.7 Å². The first kappa shape index (κ1) is 15.7.